The summed E-state index contributed by atoms with van der Waals surface area (Å²) in [5.74, 6) is 6.34. The van der Waals surface area contributed by atoms with Crippen LogP contribution in [-0.4, -0.2) is 33.4 Å². The van der Waals surface area contributed by atoms with E-state index in [9.17, 15) is 14.4 Å². The van der Waals surface area contributed by atoms with Gasteiger partial charge in [-0.05, 0) is 18.1 Å². The molecule has 2 aromatic rings. The zero-order valence-electron chi connectivity index (χ0n) is 15.1. The number of benzene rings is 1. The summed E-state index contributed by atoms with van der Waals surface area (Å²) >= 11 is 0. The molecule has 0 spiro atoms. The van der Waals surface area contributed by atoms with Crippen LogP contribution in [0.3, 0.4) is 0 Å². The van der Waals surface area contributed by atoms with Gasteiger partial charge in [0.25, 0.3) is 5.56 Å². The van der Waals surface area contributed by atoms with Gasteiger partial charge in [0.05, 0.1) is 6.54 Å². The van der Waals surface area contributed by atoms with Gasteiger partial charge in [0.1, 0.15) is 0 Å². The Balaban J connectivity index is 2.01. The summed E-state index contributed by atoms with van der Waals surface area (Å²) < 4.78 is 1.32. The van der Waals surface area contributed by atoms with Gasteiger partial charge >= 0.3 is 5.69 Å². The van der Waals surface area contributed by atoms with Gasteiger partial charge in [-0.15, -0.1) is 0 Å². The summed E-state index contributed by atoms with van der Waals surface area (Å²) in [6.45, 7) is 5.24. The molecule has 0 saturated carbocycles. The fraction of sp³-hybridized carbons (Fsp3) is 0.350. The minimum Gasteiger partial charge on any atom is -0.331 e. The molecule has 1 N–H and O–H groups in total. The van der Waals surface area contributed by atoms with Crippen LogP contribution in [0, 0.1) is 17.8 Å². The van der Waals surface area contributed by atoms with Gasteiger partial charge in [-0.3, -0.25) is 14.6 Å². The summed E-state index contributed by atoms with van der Waals surface area (Å²) in [6.07, 6.45) is 1.57. The number of aromatic nitrogens is 2. The molecule has 2 rings (SSSR count). The zero-order valence-corrected chi connectivity index (χ0v) is 15.1. The Morgan fingerprint density at radius 3 is 2.58 bits per heavy atom. The number of rotatable bonds is 6. The normalized spacial score (nSPS) is 10.3. The second-order valence-corrected chi connectivity index (χ2v) is 6.39. The lowest BCUT2D eigenvalue weighted by molar-refractivity contribution is -0.131. The summed E-state index contributed by atoms with van der Waals surface area (Å²) in [4.78, 5) is 39.2. The van der Waals surface area contributed by atoms with Crippen molar-refractivity contribution in [2.24, 2.45) is 5.92 Å². The topological polar surface area (TPSA) is 75.2 Å². The van der Waals surface area contributed by atoms with Crippen molar-refractivity contribution in [3.63, 3.8) is 0 Å². The van der Waals surface area contributed by atoms with Crippen molar-refractivity contribution in [1.82, 2.24) is 14.5 Å². The highest BCUT2D eigenvalue weighted by atomic mass is 16.2. The average Bonchev–Trinajstić information content (AvgIpc) is 2.60. The van der Waals surface area contributed by atoms with Gasteiger partial charge in [0.15, 0.2) is 0 Å². The summed E-state index contributed by atoms with van der Waals surface area (Å²) in [5, 5.41) is 0. The van der Waals surface area contributed by atoms with Crippen molar-refractivity contribution in [2.75, 3.05) is 13.1 Å². The molecule has 0 aliphatic rings. The van der Waals surface area contributed by atoms with E-state index in [1.54, 1.807) is 4.90 Å². The lowest BCUT2D eigenvalue weighted by Gasteiger charge is -2.22. The van der Waals surface area contributed by atoms with E-state index in [4.69, 9.17) is 0 Å². The monoisotopic (exact) mass is 353 g/mol. The van der Waals surface area contributed by atoms with E-state index >= 15 is 0 Å². The second kappa shape index (κ2) is 9.42. The Hall–Kier alpha value is -3.07. The molecule has 0 atom stereocenters. The molecule has 1 aromatic carbocycles. The van der Waals surface area contributed by atoms with Crippen LogP contribution in [0.25, 0.3) is 0 Å². The molecule has 0 aliphatic carbocycles. The minimum atomic E-state index is -0.510. The van der Waals surface area contributed by atoms with Crippen molar-refractivity contribution in [3.8, 4) is 11.8 Å². The maximum absolute atomic E-state index is 12.5. The molecular weight excluding hydrogens is 330 g/mol. The first-order chi connectivity index (χ1) is 12.5. The van der Waals surface area contributed by atoms with E-state index in [0.717, 1.165) is 5.56 Å². The third kappa shape index (κ3) is 6.10. The molecule has 1 amide bonds. The smallest absolute Gasteiger partial charge is 0.328 e. The van der Waals surface area contributed by atoms with Gasteiger partial charge in [-0.2, -0.15) is 0 Å². The lowest BCUT2D eigenvalue weighted by atomic mass is 10.2. The minimum absolute atomic E-state index is 0.0702. The van der Waals surface area contributed by atoms with Gasteiger partial charge in [-0.25, -0.2) is 4.79 Å². The van der Waals surface area contributed by atoms with E-state index in [2.05, 4.69) is 16.8 Å². The molecule has 136 valence electrons. The van der Waals surface area contributed by atoms with Crippen molar-refractivity contribution < 1.29 is 4.79 Å². The number of aryl methyl sites for hydroxylation is 1. The van der Waals surface area contributed by atoms with E-state index in [1.165, 1.54) is 16.8 Å². The van der Waals surface area contributed by atoms with Crippen LogP contribution in [0.2, 0.25) is 0 Å². The van der Waals surface area contributed by atoms with E-state index in [1.807, 2.05) is 44.2 Å². The predicted octanol–water partition coefficient (Wildman–Crippen LogP) is 1.46. The molecule has 26 heavy (non-hydrogen) atoms. The highest BCUT2D eigenvalue weighted by molar-refractivity contribution is 5.76. The molecule has 0 radical (unpaired) electrons. The van der Waals surface area contributed by atoms with Crippen molar-refractivity contribution in [2.45, 2.75) is 26.8 Å². The number of aromatic amines is 1. The first-order valence-corrected chi connectivity index (χ1v) is 8.57. The van der Waals surface area contributed by atoms with Crippen LogP contribution in [0.4, 0.5) is 0 Å². The first kappa shape index (κ1) is 19.3. The maximum atomic E-state index is 12.5. The number of amides is 1. The number of H-pyrrole nitrogens is 1. The molecule has 0 fully saturated rings. The number of carbonyl (C=O) groups is 1. The average molecular weight is 353 g/mol. The van der Waals surface area contributed by atoms with Crippen LogP contribution < -0.4 is 11.2 Å². The van der Waals surface area contributed by atoms with Crippen LogP contribution in [0.15, 0.2) is 52.2 Å². The van der Waals surface area contributed by atoms with Crippen LogP contribution in [-0.2, 0) is 11.3 Å². The summed E-state index contributed by atoms with van der Waals surface area (Å²) in [7, 11) is 0. The first-order valence-electron chi connectivity index (χ1n) is 8.57. The zero-order chi connectivity index (χ0) is 18.9. The van der Waals surface area contributed by atoms with Gasteiger partial charge < -0.3 is 9.47 Å². The molecule has 0 aliphatic heterocycles. The largest absolute Gasteiger partial charge is 0.331 e. The van der Waals surface area contributed by atoms with Crippen molar-refractivity contribution >= 4 is 5.91 Å². The lowest BCUT2D eigenvalue weighted by Crippen LogP contribution is -2.36. The number of nitrogens with zero attached hydrogens (tertiary/aromatic N) is 2. The van der Waals surface area contributed by atoms with Gasteiger partial charge in [-0.1, -0.05) is 43.9 Å². The second-order valence-electron chi connectivity index (χ2n) is 6.39. The quantitative estimate of drug-likeness (QED) is 0.799. The third-order valence-electron chi connectivity index (χ3n) is 3.68. The number of nitrogens with one attached hydrogen (secondary N) is 1. The Morgan fingerprint density at radius 2 is 1.92 bits per heavy atom. The third-order valence-corrected chi connectivity index (χ3v) is 3.68. The number of hydrogen-bond donors (Lipinski definition) is 1. The molecule has 6 nitrogen and oxygen atoms in total. The highest BCUT2D eigenvalue weighted by Gasteiger charge is 2.14. The summed E-state index contributed by atoms with van der Waals surface area (Å²) in [6, 6.07) is 10.9. The standard InChI is InChI=1S/C20H23N3O3/c1-16(2)15-23(12-6-9-17-7-4-3-5-8-17)19(25)11-14-22-13-10-18(24)21-20(22)26/h3-5,7-8,10,13,16H,11-12,14-15H2,1-2H3,(H,21,24,26). The molecule has 0 saturated heterocycles. The molecule has 0 bridgehead atoms. The van der Waals surface area contributed by atoms with E-state index < -0.39 is 11.2 Å². The van der Waals surface area contributed by atoms with Gasteiger partial charge in [0, 0.05) is 37.3 Å². The Labute approximate surface area is 152 Å². The van der Waals surface area contributed by atoms with Crippen LogP contribution >= 0.6 is 0 Å². The highest BCUT2D eigenvalue weighted by Crippen LogP contribution is 2.03. The van der Waals surface area contributed by atoms with E-state index in [-0.39, 0.29) is 18.9 Å². The van der Waals surface area contributed by atoms with E-state index in [0.29, 0.717) is 19.0 Å². The molecule has 6 heteroatoms. The van der Waals surface area contributed by atoms with Crippen LogP contribution in [0.5, 0.6) is 0 Å². The fourth-order valence-corrected chi connectivity index (χ4v) is 2.45. The number of carbonyl (C=O) groups excluding carboxylic acids is 1. The summed E-state index contributed by atoms with van der Waals surface area (Å²) in [5.41, 5.74) is -0.0518. The number of hydrogen-bond acceptors (Lipinski definition) is 3. The Kier molecular flexibility index (Phi) is 6.98. The molecule has 0 unspecified atom stereocenters. The Morgan fingerprint density at radius 1 is 1.19 bits per heavy atom. The molecule has 1 heterocycles. The van der Waals surface area contributed by atoms with Crippen molar-refractivity contribution in [3.05, 3.63) is 69.0 Å². The fourth-order valence-electron chi connectivity index (χ4n) is 2.45. The molecule has 1 aromatic heterocycles. The SMILES string of the molecule is CC(C)CN(CC#Cc1ccccc1)C(=O)CCn1ccc(=O)[nH]c1=O. The Bertz CT molecular complexity index is 901. The molecular formula is C20H23N3O3. The predicted molar refractivity (Wildman–Crippen MR) is 101 cm³/mol. The van der Waals surface area contributed by atoms with Gasteiger partial charge in [0.2, 0.25) is 5.91 Å². The van der Waals surface area contributed by atoms with Crippen LogP contribution in [0.1, 0.15) is 25.8 Å². The maximum Gasteiger partial charge on any atom is 0.328 e. The van der Waals surface area contributed by atoms with Crippen molar-refractivity contribution in [1.29, 1.82) is 0 Å².